The maximum absolute atomic E-state index is 12.5. The minimum atomic E-state index is -5.73. The van der Waals surface area contributed by atoms with E-state index in [1.807, 2.05) is 0 Å². The number of carbonyl (C=O) groups is 3. The van der Waals surface area contributed by atoms with Gasteiger partial charge in [-0.25, -0.2) is 28.6 Å². The number of fused-ring (bicyclic) bond motifs is 1. The molecule has 0 aliphatic carbocycles. The second-order valence-electron chi connectivity index (χ2n) is 11.2. The summed E-state index contributed by atoms with van der Waals surface area (Å²) in [5.74, 6) is -1.54. The lowest BCUT2D eigenvalue weighted by molar-refractivity contribution is -0.155. The Kier molecular flexibility index (Phi) is 13.5. The molecule has 0 bridgehead atoms. The molecule has 6 N–H and O–H groups in total. The molecule has 1 aliphatic rings. The maximum Gasteiger partial charge on any atom is 0.490 e. The highest BCUT2D eigenvalue weighted by Gasteiger charge is 2.43. The first-order valence-electron chi connectivity index (χ1n) is 14.1. The Labute approximate surface area is 272 Å². The summed E-state index contributed by atoms with van der Waals surface area (Å²) in [7, 11) is -16.7. The van der Waals surface area contributed by atoms with Gasteiger partial charge in [0.15, 0.2) is 17.0 Å². The molecule has 0 spiro atoms. The second kappa shape index (κ2) is 16.3. The number of amides is 1. The van der Waals surface area contributed by atoms with E-state index in [9.17, 15) is 43.0 Å². The van der Waals surface area contributed by atoms with Crippen LogP contribution in [-0.4, -0.2) is 93.1 Å². The number of aliphatic hydroxyl groups is 1. The van der Waals surface area contributed by atoms with Gasteiger partial charge in [-0.3, -0.25) is 23.5 Å². The number of aliphatic hydroxyl groups excluding tert-OH is 1. The Morgan fingerprint density at radius 1 is 0.979 bits per heavy atom. The number of nitrogens with one attached hydrogen (secondary N) is 1. The van der Waals surface area contributed by atoms with Crippen molar-refractivity contribution < 1.29 is 80.1 Å². The van der Waals surface area contributed by atoms with E-state index in [-0.39, 0.29) is 55.2 Å². The number of anilines is 1. The summed E-state index contributed by atoms with van der Waals surface area (Å²) in [4.78, 5) is 84.7. The van der Waals surface area contributed by atoms with Gasteiger partial charge < -0.3 is 44.2 Å². The molecule has 0 saturated carbocycles. The molecule has 270 valence electrons. The number of hydrogen-bond acceptors (Lipinski definition) is 16. The number of rotatable bonds is 17. The van der Waals surface area contributed by atoms with Crippen molar-refractivity contribution in [1.82, 2.24) is 19.5 Å². The fourth-order valence-corrected chi connectivity index (χ4v) is 7.12. The zero-order valence-electron chi connectivity index (χ0n) is 25.8. The Balaban J connectivity index is 1.48. The van der Waals surface area contributed by atoms with Crippen LogP contribution in [0.5, 0.6) is 0 Å². The molecule has 2 aromatic rings. The van der Waals surface area contributed by atoms with Crippen molar-refractivity contribution in [2.75, 3.05) is 18.5 Å². The summed E-state index contributed by atoms with van der Waals surface area (Å²) >= 11 is 0. The van der Waals surface area contributed by atoms with E-state index < -0.39 is 66.0 Å². The van der Waals surface area contributed by atoms with Crippen molar-refractivity contribution in [3.63, 3.8) is 0 Å². The first kappa shape index (κ1) is 39.7. The summed E-state index contributed by atoms with van der Waals surface area (Å²) in [5.41, 5.74) is -0.313. The molecule has 3 heterocycles. The quantitative estimate of drug-likeness (QED) is 0.0760. The number of esters is 2. The van der Waals surface area contributed by atoms with Crippen molar-refractivity contribution >= 4 is 58.3 Å². The predicted octanol–water partition coefficient (Wildman–Crippen LogP) is 1.59. The van der Waals surface area contributed by atoms with Crippen LogP contribution < -0.4 is 5.32 Å². The number of hydrogen-bond donors (Lipinski definition) is 6. The fourth-order valence-electron chi connectivity index (χ4n) is 4.09. The highest BCUT2D eigenvalue weighted by molar-refractivity contribution is 7.66. The average molecular weight is 747 g/mol. The standard InChI is InChI=1S/C23H36N5O17P3/c1-23(2,3)43-19(32)6-4-5-9-40-18(31)8-7-16(30)27-21-20-22(25-12-24-21)28(13-26-20)17-10-14(29)15(42-17)11-41-47(36,37)45-48(38,39)44-46(33,34)35/h12-15,17,29H,4-11H2,1-3H3,(H,36,37)(H,38,39)(H2,33,34,35)(H,24,25,27,30)/t14?,15-,17-/m1/s1. The van der Waals surface area contributed by atoms with Gasteiger partial charge in [0, 0.05) is 19.3 Å². The molecule has 25 heteroatoms. The van der Waals surface area contributed by atoms with Gasteiger partial charge in [-0.2, -0.15) is 8.62 Å². The van der Waals surface area contributed by atoms with E-state index in [0.717, 1.165) is 6.33 Å². The van der Waals surface area contributed by atoms with Gasteiger partial charge in [-0.15, -0.1) is 0 Å². The predicted molar refractivity (Wildman–Crippen MR) is 158 cm³/mol. The lowest BCUT2D eigenvalue weighted by Crippen LogP contribution is -2.26. The van der Waals surface area contributed by atoms with Gasteiger partial charge in [0.05, 0.1) is 32.1 Å². The highest BCUT2D eigenvalue weighted by Crippen LogP contribution is 2.66. The normalized spacial score (nSPS) is 21.0. The van der Waals surface area contributed by atoms with Crippen LogP contribution >= 0.6 is 23.5 Å². The van der Waals surface area contributed by atoms with Crippen molar-refractivity contribution in [3.8, 4) is 0 Å². The van der Waals surface area contributed by atoms with Crippen LogP contribution in [0.25, 0.3) is 11.2 Å². The van der Waals surface area contributed by atoms with Gasteiger partial charge in [0.25, 0.3) is 0 Å². The molecule has 0 radical (unpaired) electrons. The maximum atomic E-state index is 12.5. The summed E-state index contributed by atoms with van der Waals surface area (Å²) in [6.45, 7) is 4.49. The molecule has 3 unspecified atom stereocenters. The number of unbranched alkanes of at least 4 members (excludes halogenated alkanes) is 1. The topological polar surface area (TPSA) is 315 Å². The third-order valence-electron chi connectivity index (χ3n) is 5.96. The van der Waals surface area contributed by atoms with Crippen molar-refractivity contribution in [2.24, 2.45) is 0 Å². The van der Waals surface area contributed by atoms with Crippen LogP contribution in [0.4, 0.5) is 5.82 Å². The van der Waals surface area contributed by atoms with Gasteiger partial charge >= 0.3 is 35.4 Å². The highest BCUT2D eigenvalue weighted by atomic mass is 31.3. The molecule has 1 aliphatic heterocycles. The van der Waals surface area contributed by atoms with E-state index in [0.29, 0.717) is 12.8 Å². The van der Waals surface area contributed by atoms with Crippen LogP contribution in [0.2, 0.25) is 0 Å². The number of phosphoric ester groups is 1. The number of nitrogens with zero attached hydrogens (tertiary/aromatic N) is 4. The van der Waals surface area contributed by atoms with Crippen molar-refractivity contribution in [2.45, 2.75) is 83.3 Å². The lowest BCUT2D eigenvalue weighted by Gasteiger charge is -2.19. The number of ether oxygens (including phenoxy) is 3. The Morgan fingerprint density at radius 2 is 1.69 bits per heavy atom. The molecule has 1 saturated heterocycles. The van der Waals surface area contributed by atoms with Crippen molar-refractivity contribution in [3.05, 3.63) is 12.7 Å². The molecule has 5 atom stereocenters. The monoisotopic (exact) mass is 747 g/mol. The number of aromatic nitrogens is 4. The molecular formula is C23H36N5O17P3. The number of imidazole rings is 1. The van der Waals surface area contributed by atoms with Gasteiger partial charge in [-0.05, 0) is 33.6 Å². The number of phosphoric acid groups is 3. The van der Waals surface area contributed by atoms with E-state index in [1.165, 1.54) is 10.9 Å². The molecule has 1 amide bonds. The zero-order valence-corrected chi connectivity index (χ0v) is 28.5. The number of carbonyl (C=O) groups excluding carboxylic acids is 3. The summed E-state index contributed by atoms with van der Waals surface area (Å²) in [5, 5.41) is 12.9. The van der Waals surface area contributed by atoms with Crippen LogP contribution in [0.1, 0.15) is 65.5 Å². The summed E-state index contributed by atoms with van der Waals surface area (Å²) < 4.78 is 63.4. The van der Waals surface area contributed by atoms with Crippen LogP contribution in [-0.2, 0) is 55.4 Å². The Bertz CT molecular complexity index is 1610. The molecule has 1 fully saturated rings. The van der Waals surface area contributed by atoms with E-state index in [1.54, 1.807) is 20.8 Å². The van der Waals surface area contributed by atoms with Crippen LogP contribution in [0.15, 0.2) is 12.7 Å². The second-order valence-corrected chi connectivity index (χ2v) is 15.6. The molecular weight excluding hydrogens is 711 g/mol. The molecule has 2 aromatic heterocycles. The molecule has 22 nitrogen and oxygen atoms in total. The minimum Gasteiger partial charge on any atom is -0.466 e. The van der Waals surface area contributed by atoms with Gasteiger partial charge in [-0.1, -0.05) is 0 Å². The summed E-state index contributed by atoms with van der Waals surface area (Å²) in [6, 6.07) is 0. The van der Waals surface area contributed by atoms with Crippen LogP contribution in [0, 0.1) is 0 Å². The van der Waals surface area contributed by atoms with E-state index in [2.05, 4.69) is 33.4 Å². The SMILES string of the molecule is CC(C)(C)OC(=O)CCCCOC(=O)CCC(=O)Nc1ncnc2c1ncn2[C@H]1CC(O)[C@@H](COP(=O)(O)OP(=O)(O)OP(=O)(O)O)O1. The molecule has 3 rings (SSSR count). The van der Waals surface area contributed by atoms with Crippen LogP contribution in [0.3, 0.4) is 0 Å². The lowest BCUT2D eigenvalue weighted by atomic mass is 10.2. The molecule has 0 aromatic carbocycles. The minimum absolute atomic E-state index is 0.00187. The Hall–Kier alpha value is -2.71. The van der Waals surface area contributed by atoms with Gasteiger partial charge in [0.1, 0.15) is 24.3 Å². The Morgan fingerprint density at radius 3 is 2.35 bits per heavy atom. The average Bonchev–Trinajstić information content (AvgIpc) is 3.51. The molecule has 48 heavy (non-hydrogen) atoms. The van der Waals surface area contributed by atoms with Crippen molar-refractivity contribution in [1.29, 1.82) is 0 Å². The van der Waals surface area contributed by atoms with E-state index in [4.69, 9.17) is 24.0 Å². The zero-order chi connectivity index (χ0) is 35.9. The summed E-state index contributed by atoms with van der Waals surface area (Å²) in [6.07, 6.45) is -0.716. The van der Waals surface area contributed by atoms with Gasteiger partial charge in [0.2, 0.25) is 5.91 Å². The first-order chi connectivity index (χ1) is 22.1. The third kappa shape index (κ3) is 13.3. The largest absolute Gasteiger partial charge is 0.490 e. The first-order valence-corrected chi connectivity index (χ1v) is 18.6. The third-order valence-corrected chi connectivity index (χ3v) is 9.77. The fraction of sp³-hybridized carbons (Fsp3) is 0.652. The van der Waals surface area contributed by atoms with E-state index >= 15 is 0 Å². The smallest absolute Gasteiger partial charge is 0.466 e.